The summed E-state index contributed by atoms with van der Waals surface area (Å²) in [5.74, 6) is 0. The summed E-state index contributed by atoms with van der Waals surface area (Å²) in [6, 6.07) is 7.66. The van der Waals surface area contributed by atoms with Crippen LogP contribution in [0.4, 0.5) is 0 Å². The van der Waals surface area contributed by atoms with Gasteiger partial charge in [0.25, 0.3) is 0 Å². The molecule has 0 unspecified atom stereocenters. The predicted octanol–water partition coefficient (Wildman–Crippen LogP) is 1.64. The van der Waals surface area contributed by atoms with E-state index < -0.39 is 10.0 Å². The lowest BCUT2D eigenvalue weighted by Gasteiger charge is -2.12. The largest absolute Gasteiger partial charge is 0.383 e. The molecule has 2 rings (SSSR count). The molecule has 0 bridgehead atoms. The number of hydrogen-bond acceptors (Lipinski definition) is 4. The van der Waals surface area contributed by atoms with E-state index in [4.69, 9.17) is 4.74 Å². The van der Waals surface area contributed by atoms with Crippen molar-refractivity contribution in [2.24, 2.45) is 0 Å². The lowest BCUT2D eigenvalue weighted by Crippen LogP contribution is -2.27. The fraction of sp³-hybridized carbons (Fsp3) is 0.600. The monoisotopic (exact) mass is 312 g/mol. The fourth-order valence-electron chi connectivity index (χ4n) is 2.54. The van der Waals surface area contributed by atoms with Crippen molar-refractivity contribution in [1.29, 1.82) is 0 Å². The maximum absolute atomic E-state index is 12.0. The molecule has 0 heterocycles. The number of rotatable bonds is 8. The van der Waals surface area contributed by atoms with E-state index in [1.165, 1.54) is 25.7 Å². The standard InChI is InChI=1S/C15H24N2O3S/c1-20-11-10-17-21(18,19)15-8-6-13(7-9-15)12-16-14-4-2-3-5-14/h6-9,14,16-17H,2-5,10-12H2,1H3. The summed E-state index contributed by atoms with van der Waals surface area (Å²) < 4.78 is 31.3. The Morgan fingerprint density at radius 3 is 2.48 bits per heavy atom. The van der Waals surface area contributed by atoms with Gasteiger partial charge < -0.3 is 10.1 Å². The van der Waals surface area contributed by atoms with E-state index in [0.29, 0.717) is 17.5 Å². The lowest BCUT2D eigenvalue weighted by molar-refractivity contribution is 0.204. The molecule has 0 amide bonds. The van der Waals surface area contributed by atoms with Gasteiger partial charge in [-0.25, -0.2) is 13.1 Å². The van der Waals surface area contributed by atoms with Crippen LogP contribution in [0.1, 0.15) is 31.2 Å². The van der Waals surface area contributed by atoms with Crippen molar-refractivity contribution in [3.8, 4) is 0 Å². The SMILES string of the molecule is COCCNS(=O)(=O)c1ccc(CNC2CCCC2)cc1. The van der Waals surface area contributed by atoms with Crippen LogP contribution in [-0.2, 0) is 21.3 Å². The molecule has 5 nitrogen and oxygen atoms in total. The van der Waals surface area contributed by atoms with E-state index in [0.717, 1.165) is 12.1 Å². The van der Waals surface area contributed by atoms with E-state index in [2.05, 4.69) is 10.0 Å². The van der Waals surface area contributed by atoms with Gasteiger partial charge in [0, 0.05) is 26.2 Å². The molecular formula is C15H24N2O3S. The Kier molecular flexibility index (Phi) is 6.17. The van der Waals surface area contributed by atoms with Crippen LogP contribution in [0.3, 0.4) is 0 Å². The molecule has 1 fully saturated rings. The summed E-state index contributed by atoms with van der Waals surface area (Å²) >= 11 is 0. The summed E-state index contributed by atoms with van der Waals surface area (Å²) in [6.45, 7) is 1.44. The van der Waals surface area contributed by atoms with Crippen LogP contribution >= 0.6 is 0 Å². The highest BCUT2D eigenvalue weighted by Gasteiger charge is 2.15. The number of benzene rings is 1. The summed E-state index contributed by atoms with van der Waals surface area (Å²) in [5, 5.41) is 3.52. The molecule has 1 saturated carbocycles. The quantitative estimate of drug-likeness (QED) is 0.716. The Balaban J connectivity index is 1.88. The van der Waals surface area contributed by atoms with Crippen molar-refractivity contribution in [1.82, 2.24) is 10.0 Å². The minimum atomic E-state index is -3.43. The van der Waals surface area contributed by atoms with Crippen LogP contribution in [-0.4, -0.2) is 34.7 Å². The first kappa shape index (κ1) is 16.4. The van der Waals surface area contributed by atoms with Crippen LogP contribution in [0.2, 0.25) is 0 Å². The van der Waals surface area contributed by atoms with Gasteiger partial charge in [-0.3, -0.25) is 0 Å². The molecule has 1 aliphatic carbocycles. The Morgan fingerprint density at radius 2 is 1.86 bits per heavy atom. The average Bonchev–Trinajstić information content (AvgIpc) is 2.99. The van der Waals surface area contributed by atoms with Gasteiger partial charge in [-0.05, 0) is 30.5 Å². The van der Waals surface area contributed by atoms with Gasteiger partial charge in [0.2, 0.25) is 10.0 Å². The second-order valence-electron chi connectivity index (χ2n) is 5.40. The van der Waals surface area contributed by atoms with Crippen LogP contribution in [0.5, 0.6) is 0 Å². The minimum Gasteiger partial charge on any atom is -0.383 e. The predicted molar refractivity (Wildman–Crippen MR) is 82.6 cm³/mol. The Hall–Kier alpha value is -0.950. The number of sulfonamides is 1. The second-order valence-corrected chi connectivity index (χ2v) is 7.16. The summed E-state index contributed by atoms with van der Waals surface area (Å²) in [4.78, 5) is 0.295. The van der Waals surface area contributed by atoms with E-state index in [1.54, 1.807) is 19.2 Å². The third kappa shape index (κ3) is 5.07. The highest BCUT2D eigenvalue weighted by Crippen LogP contribution is 2.18. The van der Waals surface area contributed by atoms with E-state index in [9.17, 15) is 8.42 Å². The van der Waals surface area contributed by atoms with Gasteiger partial charge in [0.1, 0.15) is 0 Å². The fourth-order valence-corrected chi connectivity index (χ4v) is 3.55. The van der Waals surface area contributed by atoms with Crippen LogP contribution in [0.25, 0.3) is 0 Å². The van der Waals surface area contributed by atoms with Gasteiger partial charge in [-0.15, -0.1) is 0 Å². The molecule has 1 aliphatic rings. The van der Waals surface area contributed by atoms with Crippen molar-refractivity contribution in [3.05, 3.63) is 29.8 Å². The van der Waals surface area contributed by atoms with Crippen molar-refractivity contribution >= 4 is 10.0 Å². The van der Waals surface area contributed by atoms with Crippen molar-refractivity contribution in [2.75, 3.05) is 20.3 Å². The van der Waals surface area contributed by atoms with Gasteiger partial charge >= 0.3 is 0 Å². The Morgan fingerprint density at radius 1 is 1.19 bits per heavy atom. The zero-order valence-electron chi connectivity index (χ0n) is 12.5. The molecule has 0 atom stereocenters. The smallest absolute Gasteiger partial charge is 0.240 e. The number of methoxy groups -OCH3 is 1. The molecule has 21 heavy (non-hydrogen) atoms. The van der Waals surface area contributed by atoms with Crippen molar-refractivity contribution < 1.29 is 13.2 Å². The first-order chi connectivity index (χ1) is 10.1. The summed E-state index contributed by atoms with van der Waals surface area (Å²) in [5.41, 5.74) is 1.11. The Bertz CT molecular complexity index is 522. The molecular weight excluding hydrogens is 288 g/mol. The molecule has 0 radical (unpaired) electrons. The summed E-state index contributed by atoms with van der Waals surface area (Å²) in [6.07, 6.45) is 5.11. The van der Waals surface area contributed by atoms with Crippen LogP contribution < -0.4 is 10.0 Å². The average molecular weight is 312 g/mol. The Labute approximate surface area is 127 Å². The maximum Gasteiger partial charge on any atom is 0.240 e. The molecule has 1 aromatic carbocycles. The van der Waals surface area contributed by atoms with Gasteiger partial charge in [0.15, 0.2) is 0 Å². The number of ether oxygens (including phenoxy) is 1. The zero-order chi connectivity index (χ0) is 15.1. The van der Waals surface area contributed by atoms with Crippen molar-refractivity contribution in [3.63, 3.8) is 0 Å². The first-order valence-electron chi connectivity index (χ1n) is 7.43. The van der Waals surface area contributed by atoms with E-state index in [1.807, 2.05) is 12.1 Å². The molecule has 2 N–H and O–H groups in total. The molecule has 0 spiro atoms. The minimum absolute atomic E-state index is 0.282. The van der Waals surface area contributed by atoms with Crippen LogP contribution in [0, 0.1) is 0 Å². The molecule has 6 heteroatoms. The van der Waals surface area contributed by atoms with Gasteiger partial charge in [-0.2, -0.15) is 0 Å². The number of hydrogen-bond donors (Lipinski definition) is 2. The first-order valence-corrected chi connectivity index (χ1v) is 8.91. The third-order valence-electron chi connectivity index (χ3n) is 3.78. The topological polar surface area (TPSA) is 67.4 Å². The zero-order valence-corrected chi connectivity index (χ0v) is 13.3. The van der Waals surface area contributed by atoms with Gasteiger partial charge in [-0.1, -0.05) is 25.0 Å². The van der Waals surface area contributed by atoms with Gasteiger partial charge in [0.05, 0.1) is 11.5 Å². The molecule has 0 aliphatic heterocycles. The maximum atomic E-state index is 12.0. The highest BCUT2D eigenvalue weighted by molar-refractivity contribution is 7.89. The second kappa shape index (κ2) is 7.89. The van der Waals surface area contributed by atoms with E-state index in [-0.39, 0.29) is 6.54 Å². The molecule has 0 aromatic heterocycles. The lowest BCUT2D eigenvalue weighted by atomic mass is 10.2. The molecule has 118 valence electrons. The normalized spacial score (nSPS) is 16.4. The number of nitrogens with one attached hydrogen (secondary N) is 2. The summed E-state index contributed by atoms with van der Waals surface area (Å²) in [7, 11) is -1.89. The van der Waals surface area contributed by atoms with Crippen LogP contribution in [0.15, 0.2) is 29.2 Å². The highest BCUT2D eigenvalue weighted by atomic mass is 32.2. The molecule has 1 aromatic rings. The van der Waals surface area contributed by atoms with Crippen molar-refractivity contribution in [2.45, 2.75) is 43.2 Å². The third-order valence-corrected chi connectivity index (χ3v) is 5.26. The molecule has 0 saturated heterocycles. The van der Waals surface area contributed by atoms with E-state index >= 15 is 0 Å².